The Hall–Kier alpha value is -1.73. The summed E-state index contributed by atoms with van der Waals surface area (Å²) in [5.41, 5.74) is 3.54. The number of aromatic nitrogens is 2. The van der Waals surface area contributed by atoms with Gasteiger partial charge in [0, 0.05) is 12.4 Å². The molecule has 2 aromatic rings. The zero-order valence-electron chi connectivity index (χ0n) is 10.7. The van der Waals surface area contributed by atoms with Crippen LogP contribution in [0.25, 0.3) is 5.69 Å². The van der Waals surface area contributed by atoms with Gasteiger partial charge >= 0.3 is 0 Å². The molecule has 0 amide bonds. The van der Waals surface area contributed by atoms with Crippen molar-refractivity contribution in [1.82, 2.24) is 9.55 Å². The summed E-state index contributed by atoms with van der Waals surface area (Å²) in [6.07, 6.45) is 3.71. The highest BCUT2D eigenvalue weighted by molar-refractivity contribution is 8.00. The van der Waals surface area contributed by atoms with Gasteiger partial charge in [0.05, 0.1) is 17.0 Å². The SMILES string of the molecule is Cc1ccc(C)c(-n2ccnc2SC(C)C#N)c1. The lowest BCUT2D eigenvalue weighted by Gasteiger charge is -2.11. The van der Waals surface area contributed by atoms with Gasteiger partial charge in [0.15, 0.2) is 5.16 Å². The quantitative estimate of drug-likeness (QED) is 0.790. The van der Waals surface area contributed by atoms with Crippen molar-refractivity contribution in [2.45, 2.75) is 31.2 Å². The number of benzene rings is 1. The van der Waals surface area contributed by atoms with E-state index in [1.807, 2.05) is 17.7 Å². The van der Waals surface area contributed by atoms with Gasteiger partial charge in [-0.1, -0.05) is 23.9 Å². The number of nitrogens with zero attached hydrogens (tertiary/aromatic N) is 3. The molecule has 0 aliphatic rings. The van der Waals surface area contributed by atoms with E-state index in [1.165, 1.54) is 22.9 Å². The number of thioether (sulfide) groups is 1. The second-order valence-electron chi connectivity index (χ2n) is 4.26. The standard InChI is InChI=1S/C14H15N3S/c1-10-4-5-11(2)13(8-10)17-7-6-16-14(17)18-12(3)9-15/h4-8,12H,1-3H3. The average molecular weight is 257 g/mol. The molecule has 92 valence electrons. The first kappa shape index (κ1) is 12.7. The number of aryl methyl sites for hydroxylation is 2. The van der Waals surface area contributed by atoms with Crippen molar-refractivity contribution in [3.8, 4) is 11.8 Å². The Morgan fingerprint density at radius 1 is 1.39 bits per heavy atom. The highest BCUT2D eigenvalue weighted by Crippen LogP contribution is 2.26. The first-order chi connectivity index (χ1) is 8.61. The molecule has 1 aromatic carbocycles. The zero-order chi connectivity index (χ0) is 13.1. The Kier molecular flexibility index (Phi) is 3.73. The summed E-state index contributed by atoms with van der Waals surface area (Å²) in [5, 5.41) is 9.64. The fourth-order valence-corrected chi connectivity index (χ4v) is 2.49. The van der Waals surface area contributed by atoms with Crippen LogP contribution >= 0.6 is 11.8 Å². The van der Waals surface area contributed by atoms with Crippen molar-refractivity contribution < 1.29 is 0 Å². The summed E-state index contributed by atoms with van der Waals surface area (Å²) in [6.45, 7) is 6.04. The summed E-state index contributed by atoms with van der Waals surface area (Å²) < 4.78 is 2.04. The molecule has 0 radical (unpaired) electrons. The van der Waals surface area contributed by atoms with Crippen molar-refractivity contribution in [2.75, 3.05) is 0 Å². The Morgan fingerprint density at radius 2 is 2.17 bits per heavy atom. The monoisotopic (exact) mass is 257 g/mol. The van der Waals surface area contributed by atoms with Gasteiger partial charge in [0.25, 0.3) is 0 Å². The molecule has 0 saturated carbocycles. The largest absolute Gasteiger partial charge is 0.295 e. The number of hydrogen-bond acceptors (Lipinski definition) is 3. The zero-order valence-corrected chi connectivity index (χ0v) is 11.5. The smallest absolute Gasteiger partial charge is 0.173 e. The maximum absolute atomic E-state index is 8.89. The average Bonchev–Trinajstić information content (AvgIpc) is 2.80. The molecular weight excluding hydrogens is 242 g/mol. The molecule has 1 heterocycles. The van der Waals surface area contributed by atoms with E-state index in [1.54, 1.807) is 6.20 Å². The van der Waals surface area contributed by atoms with Crippen molar-refractivity contribution >= 4 is 11.8 Å². The minimum absolute atomic E-state index is 0.101. The number of nitriles is 1. The predicted octanol–water partition coefficient (Wildman–Crippen LogP) is 3.49. The van der Waals surface area contributed by atoms with Gasteiger partial charge in [-0.2, -0.15) is 5.26 Å². The third-order valence-corrected chi connectivity index (χ3v) is 3.67. The molecule has 18 heavy (non-hydrogen) atoms. The van der Waals surface area contributed by atoms with Gasteiger partial charge in [-0.3, -0.25) is 4.57 Å². The topological polar surface area (TPSA) is 41.6 Å². The maximum atomic E-state index is 8.89. The minimum atomic E-state index is -0.101. The second kappa shape index (κ2) is 5.28. The Bertz CT molecular complexity index is 595. The van der Waals surface area contributed by atoms with Gasteiger partial charge in [-0.25, -0.2) is 4.98 Å². The molecular formula is C14H15N3S. The molecule has 1 unspecified atom stereocenters. The fraction of sp³-hybridized carbons (Fsp3) is 0.286. The van der Waals surface area contributed by atoms with Crippen molar-refractivity contribution in [1.29, 1.82) is 5.26 Å². The molecule has 3 nitrogen and oxygen atoms in total. The molecule has 4 heteroatoms. The van der Waals surface area contributed by atoms with Gasteiger partial charge in [0.2, 0.25) is 0 Å². The molecule has 1 aromatic heterocycles. The third kappa shape index (κ3) is 2.57. The van der Waals surface area contributed by atoms with Crippen LogP contribution in [-0.2, 0) is 0 Å². The van der Waals surface area contributed by atoms with E-state index in [2.05, 4.69) is 43.1 Å². The van der Waals surface area contributed by atoms with Crippen LogP contribution in [0.4, 0.5) is 0 Å². The Balaban J connectivity index is 2.43. The van der Waals surface area contributed by atoms with Crippen LogP contribution in [-0.4, -0.2) is 14.8 Å². The molecule has 0 fully saturated rings. The lowest BCUT2D eigenvalue weighted by molar-refractivity contribution is 0.884. The van der Waals surface area contributed by atoms with Crippen molar-refractivity contribution in [3.63, 3.8) is 0 Å². The van der Waals surface area contributed by atoms with Crippen molar-refractivity contribution in [2.24, 2.45) is 0 Å². The minimum Gasteiger partial charge on any atom is -0.295 e. The third-order valence-electron chi connectivity index (χ3n) is 2.69. The number of hydrogen-bond donors (Lipinski definition) is 0. The normalized spacial score (nSPS) is 12.1. The molecule has 0 bridgehead atoms. The van der Waals surface area contributed by atoms with Gasteiger partial charge in [-0.15, -0.1) is 0 Å². The highest BCUT2D eigenvalue weighted by atomic mass is 32.2. The fourth-order valence-electron chi connectivity index (χ4n) is 1.72. The van der Waals surface area contributed by atoms with Crippen LogP contribution in [0.2, 0.25) is 0 Å². The molecule has 0 aliphatic carbocycles. The summed E-state index contributed by atoms with van der Waals surface area (Å²) >= 11 is 1.48. The lowest BCUT2D eigenvalue weighted by Crippen LogP contribution is -2.01. The lowest BCUT2D eigenvalue weighted by atomic mass is 10.1. The molecule has 0 aliphatic heterocycles. The van der Waals surface area contributed by atoms with Gasteiger partial charge in [0.1, 0.15) is 0 Å². The Labute approximate surface area is 111 Å². The summed E-state index contributed by atoms with van der Waals surface area (Å²) in [5.74, 6) is 0. The first-order valence-corrected chi connectivity index (χ1v) is 6.67. The van der Waals surface area contributed by atoms with E-state index < -0.39 is 0 Å². The molecule has 0 saturated heterocycles. The van der Waals surface area contributed by atoms with E-state index in [9.17, 15) is 0 Å². The molecule has 1 atom stereocenters. The number of rotatable bonds is 3. The molecule has 2 rings (SSSR count). The van der Waals surface area contributed by atoms with Crippen LogP contribution in [0.15, 0.2) is 35.7 Å². The number of imidazole rings is 1. The van der Waals surface area contributed by atoms with Crippen molar-refractivity contribution in [3.05, 3.63) is 41.7 Å². The maximum Gasteiger partial charge on any atom is 0.173 e. The summed E-state index contributed by atoms with van der Waals surface area (Å²) in [7, 11) is 0. The molecule has 0 N–H and O–H groups in total. The van der Waals surface area contributed by atoms with E-state index >= 15 is 0 Å². The van der Waals surface area contributed by atoms with E-state index in [0.717, 1.165) is 10.8 Å². The van der Waals surface area contributed by atoms with Crippen LogP contribution in [0.1, 0.15) is 18.1 Å². The second-order valence-corrected chi connectivity index (χ2v) is 5.57. The van der Waals surface area contributed by atoms with Gasteiger partial charge < -0.3 is 0 Å². The van der Waals surface area contributed by atoms with Gasteiger partial charge in [-0.05, 0) is 38.0 Å². The Morgan fingerprint density at radius 3 is 2.89 bits per heavy atom. The van der Waals surface area contributed by atoms with Crippen LogP contribution in [0.5, 0.6) is 0 Å². The summed E-state index contributed by atoms with van der Waals surface area (Å²) in [6, 6.07) is 8.56. The highest BCUT2D eigenvalue weighted by Gasteiger charge is 2.11. The molecule has 0 spiro atoms. The van der Waals surface area contributed by atoms with E-state index in [0.29, 0.717) is 0 Å². The van der Waals surface area contributed by atoms with Crippen LogP contribution in [0.3, 0.4) is 0 Å². The first-order valence-electron chi connectivity index (χ1n) is 5.79. The van der Waals surface area contributed by atoms with E-state index in [-0.39, 0.29) is 5.25 Å². The van der Waals surface area contributed by atoms with E-state index in [4.69, 9.17) is 5.26 Å². The predicted molar refractivity (Wildman–Crippen MR) is 74.0 cm³/mol. The summed E-state index contributed by atoms with van der Waals surface area (Å²) in [4.78, 5) is 4.33. The van der Waals surface area contributed by atoms with Crippen LogP contribution in [0, 0.1) is 25.2 Å². The van der Waals surface area contributed by atoms with Crippen LogP contribution < -0.4 is 0 Å².